The molecule has 1 aromatic carbocycles. The van der Waals surface area contributed by atoms with Gasteiger partial charge in [-0.15, -0.1) is 0 Å². The van der Waals surface area contributed by atoms with Gasteiger partial charge in [-0.2, -0.15) is 0 Å². The molecule has 0 fully saturated rings. The molecule has 0 spiro atoms. The quantitative estimate of drug-likeness (QED) is 0.413. The third-order valence-corrected chi connectivity index (χ3v) is 2.17. The zero-order chi connectivity index (χ0) is 12.5. The summed E-state index contributed by atoms with van der Waals surface area (Å²) in [5.74, 6) is 0.812. The van der Waals surface area contributed by atoms with Gasteiger partial charge in [0, 0.05) is 12.7 Å². The van der Waals surface area contributed by atoms with Crippen molar-refractivity contribution in [1.82, 2.24) is 0 Å². The molecular weight excluding hydrogens is 216 g/mol. The zero-order valence-electron chi connectivity index (χ0n) is 10.7. The first-order chi connectivity index (χ1) is 8.24. The van der Waals surface area contributed by atoms with Crippen LogP contribution in [0.25, 0.3) is 0 Å². The molecule has 1 rings (SSSR count). The molecule has 0 amide bonds. The average molecular weight is 236 g/mol. The average Bonchev–Trinajstić information content (AvgIpc) is 2.33. The molecule has 3 nitrogen and oxygen atoms in total. The summed E-state index contributed by atoms with van der Waals surface area (Å²) in [5, 5.41) is 0. The molecule has 0 atom stereocenters. The topological polar surface area (TPSA) is 27.7 Å². The van der Waals surface area contributed by atoms with Crippen LogP contribution in [-0.4, -0.2) is 20.5 Å². The Morgan fingerprint density at radius 1 is 1.24 bits per heavy atom. The van der Waals surface area contributed by atoms with Crippen molar-refractivity contribution in [2.45, 2.75) is 20.5 Å². The van der Waals surface area contributed by atoms with E-state index < -0.39 is 0 Å². The minimum Gasteiger partial charge on any atom is -0.467 e. The van der Waals surface area contributed by atoms with Crippen LogP contribution in [0.15, 0.2) is 35.9 Å². The fourth-order valence-electron chi connectivity index (χ4n) is 1.28. The van der Waals surface area contributed by atoms with E-state index in [1.54, 1.807) is 7.11 Å². The fourth-order valence-corrected chi connectivity index (χ4v) is 1.28. The molecule has 0 aliphatic rings. The Balaban J connectivity index is 2.48. The molecule has 17 heavy (non-hydrogen) atoms. The Labute approximate surface area is 103 Å². The van der Waals surface area contributed by atoms with Crippen LogP contribution in [0.1, 0.15) is 19.4 Å². The highest BCUT2D eigenvalue weighted by molar-refractivity contribution is 5.32. The summed E-state index contributed by atoms with van der Waals surface area (Å²) in [6, 6.07) is 7.82. The lowest BCUT2D eigenvalue weighted by Crippen LogP contribution is -2.02. The predicted octanol–water partition coefficient (Wildman–Crippen LogP) is 3.15. The molecule has 0 saturated heterocycles. The molecule has 0 aliphatic carbocycles. The van der Waals surface area contributed by atoms with Crippen LogP contribution >= 0.6 is 0 Å². The number of hydrogen-bond donors (Lipinski definition) is 0. The third kappa shape index (κ3) is 5.52. The Morgan fingerprint density at radius 2 is 2.00 bits per heavy atom. The van der Waals surface area contributed by atoms with Crippen molar-refractivity contribution in [2.24, 2.45) is 0 Å². The van der Waals surface area contributed by atoms with Gasteiger partial charge in [0.05, 0.1) is 13.2 Å². The van der Waals surface area contributed by atoms with Crippen LogP contribution in [-0.2, 0) is 16.1 Å². The van der Waals surface area contributed by atoms with Crippen molar-refractivity contribution in [3.63, 3.8) is 0 Å². The van der Waals surface area contributed by atoms with E-state index in [1.165, 1.54) is 5.57 Å². The maximum absolute atomic E-state index is 5.55. The Morgan fingerprint density at radius 3 is 2.71 bits per heavy atom. The lowest BCUT2D eigenvalue weighted by molar-refractivity contribution is 0.0483. The number of ether oxygens (including phenoxy) is 3. The summed E-state index contributed by atoms with van der Waals surface area (Å²) in [4.78, 5) is 0. The second-order valence-corrected chi connectivity index (χ2v) is 3.96. The summed E-state index contributed by atoms with van der Waals surface area (Å²) < 4.78 is 15.9. The lowest BCUT2D eigenvalue weighted by atomic mass is 10.2. The fraction of sp³-hybridized carbons (Fsp3) is 0.429. The van der Waals surface area contributed by atoms with Gasteiger partial charge in [-0.1, -0.05) is 29.8 Å². The highest BCUT2D eigenvalue weighted by Gasteiger charge is 2.02. The second-order valence-electron chi connectivity index (χ2n) is 3.96. The van der Waals surface area contributed by atoms with Gasteiger partial charge < -0.3 is 14.2 Å². The molecule has 0 aromatic heterocycles. The Kier molecular flexibility index (Phi) is 6.37. The predicted molar refractivity (Wildman–Crippen MR) is 68.0 cm³/mol. The maximum Gasteiger partial charge on any atom is 0.188 e. The molecular formula is C14H20O3. The summed E-state index contributed by atoms with van der Waals surface area (Å²) in [7, 11) is 1.61. The Bertz CT molecular complexity index is 354. The van der Waals surface area contributed by atoms with Crippen LogP contribution in [0.2, 0.25) is 0 Å². The van der Waals surface area contributed by atoms with Crippen molar-refractivity contribution in [3.05, 3.63) is 41.5 Å². The molecule has 0 saturated carbocycles. The van der Waals surface area contributed by atoms with Crippen LogP contribution in [0.3, 0.4) is 0 Å². The van der Waals surface area contributed by atoms with E-state index in [9.17, 15) is 0 Å². The molecule has 0 radical (unpaired) electrons. The van der Waals surface area contributed by atoms with Crippen molar-refractivity contribution in [3.8, 4) is 5.75 Å². The number of allylic oxidation sites excluding steroid dienone is 1. The number of methoxy groups -OCH3 is 1. The third-order valence-electron chi connectivity index (χ3n) is 2.17. The van der Waals surface area contributed by atoms with Gasteiger partial charge in [0.25, 0.3) is 0 Å². The van der Waals surface area contributed by atoms with E-state index in [0.29, 0.717) is 13.2 Å². The smallest absolute Gasteiger partial charge is 0.188 e. The monoisotopic (exact) mass is 236 g/mol. The second kappa shape index (κ2) is 7.87. The maximum atomic E-state index is 5.55. The van der Waals surface area contributed by atoms with Gasteiger partial charge in [-0.25, -0.2) is 0 Å². The first-order valence-corrected chi connectivity index (χ1v) is 5.64. The molecule has 0 heterocycles. The highest BCUT2D eigenvalue weighted by atomic mass is 16.7. The number of para-hydroxylation sites is 1. The molecule has 0 N–H and O–H groups in total. The largest absolute Gasteiger partial charge is 0.467 e. The lowest BCUT2D eigenvalue weighted by Gasteiger charge is -2.10. The molecule has 3 heteroatoms. The number of rotatable bonds is 7. The van der Waals surface area contributed by atoms with E-state index in [4.69, 9.17) is 14.2 Å². The van der Waals surface area contributed by atoms with E-state index in [0.717, 1.165) is 11.3 Å². The van der Waals surface area contributed by atoms with Crippen LogP contribution in [0, 0.1) is 0 Å². The Hall–Kier alpha value is -1.32. The van der Waals surface area contributed by atoms with E-state index in [1.807, 2.05) is 24.3 Å². The van der Waals surface area contributed by atoms with Gasteiger partial charge >= 0.3 is 0 Å². The van der Waals surface area contributed by atoms with Crippen molar-refractivity contribution >= 4 is 0 Å². The highest BCUT2D eigenvalue weighted by Crippen LogP contribution is 2.18. The van der Waals surface area contributed by atoms with Gasteiger partial charge in [-0.3, -0.25) is 0 Å². The summed E-state index contributed by atoms with van der Waals surface area (Å²) in [6.45, 7) is 5.54. The summed E-state index contributed by atoms with van der Waals surface area (Å²) in [6.07, 6.45) is 2.05. The van der Waals surface area contributed by atoms with Crippen LogP contribution < -0.4 is 4.74 Å². The van der Waals surface area contributed by atoms with E-state index in [2.05, 4.69) is 19.9 Å². The summed E-state index contributed by atoms with van der Waals surface area (Å²) >= 11 is 0. The SMILES string of the molecule is COCOc1ccccc1COCC=C(C)C. The normalized spacial score (nSPS) is 10.1. The molecule has 1 aromatic rings. The minimum absolute atomic E-state index is 0.255. The number of hydrogen-bond acceptors (Lipinski definition) is 3. The molecule has 0 unspecified atom stereocenters. The summed E-state index contributed by atoms with van der Waals surface area (Å²) in [5.41, 5.74) is 2.29. The molecule has 94 valence electrons. The van der Waals surface area contributed by atoms with Crippen LogP contribution in [0.5, 0.6) is 5.75 Å². The first-order valence-electron chi connectivity index (χ1n) is 5.64. The van der Waals surface area contributed by atoms with Crippen molar-refractivity contribution in [2.75, 3.05) is 20.5 Å². The minimum atomic E-state index is 0.255. The van der Waals surface area contributed by atoms with Gasteiger partial charge in [0.15, 0.2) is 6.79 Å². The molecule has 0 bridgehead atoms. The van der Waals surface area contributed by atoms with Gasteiger partial charge in [-0.05, 0) is 19.9 Å². The van der Waals surface area contributed by atoms with Crippen molar-refractivity contribution in [1.29, 1.82) is 0 Å². The standard InChI is InChI=1S/C14H20O3/c1-12(2)8-9-16-10-13-6-4-5-7-14(13)17-11-15-3/h4-8H,9-11H2,1-3H3. The van der Waals surface area contributed by atoms with Gasteiger partial charge in [0.2, 0.25) is 0 Å². The van der Waals surface area contributed by atoms with E-state index in [-0.39, 0.29) is 6.79 Å². The molecule has 0 aliphatic heterocycles. The first kappa shape index (κ1) is 13.7. The van der Waals surface area contributed by atoms with Crippen molar-refractivity contribution < 1.29 is 14.2 Å². The van der Waals surface area contributed by atoms with E-state index >= 15 is 0 Å². The zero-order valence-corrected chi connectivity index (χ0v) is 10.7. The van der Waals surface area contributed by atoms with Crippen LogP contribution in [0.4, 0.5) is 0 Å². The number of benzene rings is 1. The van der Waals surface area contributed by atoms with Gasteiger partial charge in [0.1, 0.15) is 5.75 Å².